The molecule has 2 fully saturated rings. The Balaban J connectivity index is 0.000000405. The number of halogens is 5. The molecule has 1 unspecified atom stereocenters. The number of alkyl halides is 5. The smallest absolute Gasteiger partial charge is 0.475 e. The SMILES string of the molecule is Cc1c(CN2CCC3(COCc4cnc(N5CCC(F)(F)CC5)nc43)C2)cnn1C.O=C(O)C(F)(F)F. The highest BCUT2D eigenvalue weighted by molar-refractivity contribution is 5.73. The highest BCUT2D eigenvalue weighted by Crippen LogP contribution is 2.40. The first-order valence-electron chi connectivity index (χ1n) is 11.9. The van der Waals surface area contributed by atoms with Crippen molar-refractivity contribution in [2.75, 3.05) is 37.7 Å². The quantitative estimate of drug-likeness (QED) is 0.603. The van der Waals surface area contributed by atoms with Gasteiger partial charge in [0.05, 0.1) is 30.5 Å². The Kier molecular flexibility index (Phi) is 7.43. The van der Waals surface area contributed by atoms with Gasteiger partial charge in [-0.15, -0.1) is 0 Å². The summed E-state index contributed by atoms with van der Waals surface area (Å²) in [7, 11) is 1.96. The zero-order valence-corrected chi connectivity index (χ0v) is 20.6. The van der Waals surface area contributed by atoms with Crippen LogP contribution in [0.1, 0.15) is 41.8 Å². The van der Waals surface area contributed by atoms with Crippen LogP contribution in [0.5, 0.6) is 0 Å². The molecule has 2 aromatic rings. The number of aryl methyl sites for hydroxylation is 1. The van der Waals surface area contributed by atoms with Gasteiger partial charge in [-0.1, -0.05) is 0 Å². The highest BCUT2D eigenvalue weighted by Gasteiger charge is 2.45. The molecule has 0 amide bonds. The summed E-state index contributed by atoms with van der Waals surface area (Å²) in [6.07, 6.45) is -0.620. The molecule has 0 aliphatic carbocycles. The van der Waals surface area contributed by atoms with Crippen molar-refractivity contribution in [3.05, 3.63) is 34.9 Å². The molecule has 0 bridgehead atoms. The standard InChI is InChI=1S/C21H28F2N6O.C2HF3O2/c1-15-16(10-25-27(15)2)11-28-6-3-20(13-28)14-30-12-17-9-24-19(26-18(17)20)29-7-4-21(22,23)5-8-29;3-2(4,5)1(6)7/h9-10H,3-8,11-14H2,1-2H3;(H,6,7). The minimum atomic E-state index is -5.08. The van der Waals surface area contributed by atoms with Gasteiger partial charge in [0.1, 0.15) is 0 Å². The number of anilines is 1. The lowest BCUT2D eigenvalue weighted by Gasteiger charge is -2.36. The molecule has 3 aliphatic rings. The number of likely N-dealkylation sites (tertiary alicyclic amines) is 1. The van der Waals surface area contributed by atoms with Crippen LogP contribution in [-0.4, -0.2) is 80.6 Å². The van der Waals surface area contributed by atoms with Crippen LogP contribution >= 0.6 is 0 Å². The molecule has 5 heterocycles. The summed E-state index contributed by atoms with van der Waals surface area (Å²) in [4.78, 5) is 22.6. The fourth-order valence-corrected chi connectivity index (χ4v) is 4.92. The molecule has 0 saturated carbocycles. The van der Waals surface area contributed by atoms with Crippen molar-refractivity contribution >= 4 is 11.9 Å². The number of nitrogens with zero attached hydrogens (tertiary/aromatic N) is 6. The third-order valence-corrected chi connectivity index (χ3v) is 7.17. The normalized spacial score (nSPS) is 23.5. The highest BCUT2D eigenvalue weighted by atomic mass is 19.4. The van der Waals surface area contributed by atoms with Gasteiger partial charge in [-0.3, -0.25) is 9.58 Å². The Morgan fingerprint density at radius 1 is 1.16 bits per heavy atom. The van der Waals surface area contributed by atoms with E-state index in [4.69, 9.17) is 19.6 Å². The summed E-state index contributed by atoms with van der Waals surface area (Å²) in [6, 6.07) is 0. The molecule has 14 heteroatoms. The zero-order chi connectivity index (χ0) is 27.0. The van der Waals surface area contributed by atoms with Gasteiger partial charge in [-0.2, -0.15) is 18.3 Å². The second-order valence-corrected chi connectivity index (χ2v) is 9.80. The monoisotopic (exact) mass is 532 g/mol. The number of fused-ring (bicyclic) bond motifs is 2. The van der Waals surface area contributed by atoms with Crippen molar-refractivity contribution in [2.24, 2.45) is 7.05 Å². The number of carbonyl (C=O) groups is 1. The fourth-order valence-electron chi connectivity index (χ4n) is 4.92. The van der Waals surface area contributed by atoms with Crippen molar-refractivity contribution in [1.82, 2.24) is 24.6 Å². The number of rotatable bonds is 3. The molecule has 1 atom stereocenters. The summed E-state index contributed by atoms with van der Waals surface area (Å²) in [5, 5.41) is 11.5. The molecule has 2 aromatic heterocycles. The van der Waals surface area contributed by atoms with E-state index in [9.17, 15) is 22.0 Å². The van der Waals surface area contributed by atoms with Crippen LogP contribution in [0.25, 0.3) is 0 Å². The summed E-state index contributed by atoms with van der Waals surface area (Å²) in [5.41, 5.74) is 4.32. The van der Waals surface area contributed by atoms with Crippen LogP contribution in [0.2, 0.25) is 0 Å². The molecule has 5 rings (SSSR count). The Labute approximate surface area is 210 Å². The Morgan fingerprint density at radius 3 is 2.43 bits per heavy atom. The van der Waals surface area contributed by atoms with Crippen LogP contribution in [0.15, 0.2) is 12.4 Å². The maximum absolute atomic E-state index is 13.6. The first-order valence-corrected chi connectivity index (χ1v) is 11.9. The van der Waals surface area contributed by atoms with Crippen LogP contribution in [-0.2, 0) is 35.1 Å². The van der Waals surface area contributed by atoms with E-state index in [1.54, 1.807) is 0 Å². The molecular weight excluding hydrogens is 503 g/mol. The molecular formula is C23H29F5N6O3. The lowest BCUT2D eigenvalue weighted by atomic mass is 9.80. The van der Waals surface area contributed by atoms with Gasteiger partial charge in [0.15, 0.2) is 0 Å². The van der Waals surface area contributed by atoms with Gasteiger partial charge in [0, 0.05) is 69.1 Å². The first-order chi connectivity index (χ1) is 17.3. The minimum Gasteiger partial charge on any atom is -0.475 e. The number of aromatic nitrogens is 4. The lowest BCUT2D eigenvalue weighted by Crippen LogP contribution is -2.43. The van der Waals surface area contributed by atoms with Crippen LogP contribution in [0.3, 0.4) is 0 Å². The zero-order valence-electron chi connectivity index (χ0n) is 20.6. The van der Waals surface area contributed by atoms with E-state index in [0.29, 0.717) is 32.3 Å². The summed E-state index contributed by atoms with van der Waals surface area (Å²) in [5.74, 6) is -4.75. The molecule has 2 saturated heterocycles. The number of piperidine rings is 1. The number of ether oxygens (including phenoxy) is 1. The van der Waals surface area contributed by atoms with Crippen molar-refractivity contribution in [3.63, 3.8) is 0 Å². The molecule has 1 N–H and O–H groups in total. The van der Waals surface area contributed by atoms with Crippen molar-refractivity contribution in [1.29, 1.82) is 0 Å². The first kappa shape index (κ1) is 27.2. The van der Waals surface area contributed by atoms with Crippen molar-refractivity contribution < 1.29 is 36.6 Å². The van der Waals surface area contributed by atoms with Crippen molar-refractivity contribution in [2.45, 2.75) is 56.9 Å². The third-order valence-electron chi connectivity index (χ3n) is 7.17. The fraction of sp³-hybridized carbons (Fsp3) is 0.652. The average Bonchev–Trinajstić information content (AvgIpc) is 3.38. The van der Waals surface area contributed by atoms with Gasteiger partial charge in [0.25, 0.3) is 5.92 Å². The second-order valence-electron chi connectivity index (χ2n) is 9.80. The molecule has 204 valence electrons. The number of carboxylic acid groups (broad SMARTS) is 1. The van der Waals surface area contributed by atoms with E-state index >= 15 is 0 Å². The lowest BCUT2D eigenvalue weighted by molar-refractivity contribution is -0.192. The van der Waals surface area contributed by atoms with Gasteiger partial charge in [-0.25, -0.2) is 23.5 Å². The molecule has 0 radical (unpaired) electrons. The second kappa shape index (κ2) is 10.1. The Hall–Kier alpha value is -2.87. The van der Waals surface area contributed by atoms with E-state index in [0.717, 1.165) is 37.3 Å². The minimum absolute atomic E-state index is 0.139. The van der Waals surface area contributed by atoms with E-state index in [1.807, 2.05) is 29.0 Å². The maximum atomic E-state index is 13.6. The van der Waals surface area contributed by atoms with Gasteiger partial charge in [0.2, 0.25) is 5.95 Å². The number of carboxylic acids is 1. The predicted octanol–water partition coefficient (Wildman–Crippen LogP) is 3.06. The van der Waals surface area contributed by atoms with E-state index in [1.165, 1.54) is 11.3 Å². The van der Waals surface area contributed by atoms with Crippen LogP contribution in [0, 0.1) is 6.92 Å². The van der Waals surface area contributed by atoms with Gasteiger partial charge >= 0.3 is 12.1 Å². The molecule has 0 aromatic carbocycles. The number of hydrogen-bond donors (Lipinski definition) is 1. The topological polar surface area (TPSA) is 96.6 Å². The molecule has 1 spiro atoms. The summed E-state index contributed by atoms with van der Waals surface area (Å²) >= 11 is 0. The summed E-state index contributed by atoms with van der Waals surface area (Å²) < 4.78 is 66.7. The average molecular weight is 533 g/mol. The van der Waals surface area contributed by atoms with Gasteiger partial charge < -0.3 is 14.7 Å². The third kappa shape index (κ3) is 6.00. The Morgan fingerprint density at radius 2 is 1.84 bits per heavy atom. The largest absolute Gasteiger partial charge is 0.490 e. The summed E-state index contributed by atoms with van der Waals surface area (Å²) in [6.45, 7) is 6.51. The molecule has 37 heavy (non-hydrogen) atoms. The van der Waals surface area contributed by atoms with E-state index in [-0.39, 0.29) is 18.3 Å². The maximum Gasteiger partial charge on any atom is 0.490 e. The van der Waals surface area contributed by atoms with Crippen LogP contribution < -0.4 is 4.90 Å². The number of aliphatic carboxylic acids is 1. The van der Waals surface area contributed by atoms with Crippen molar-refractivity contribution in [3.8, 4) is 0 Å². The van der Waals surface area contributed by atoms with Crippen LogP contribution in [0.4, 0.5) is 27.9 Å². The molecule has 3 aliphatic heterocycles. The van der Waals surface area contributed by atoms with Gasteiger partial charge in [-0.05, 0) is 19.9 Å². The van der Waals surface area contributed by atoms with E-state index in [2.05, 4.69) is 21.9 Å². The predicted molar refractivity (Wildman–Crippen MR) is 121 cm³/mol. The number of hydrogen-bond acceptors (Lipinski definition) is 7. The Bertz CT molecular complexity index is 1130. The van der Waals surface area contributed by atoms with E-state index < -0.39 is 18.1 Å². The molecule has 9 nitrogen and oxygen atoms in total.